The summed E-state index contributed by atoms with van der Waals surface area (Å²) in [4.78, 5) is 25.8. The first-order valence-corrected chi connectivity index (χ1v) is 6.29. The van der Waals surface area contributed by atoms with Crippen LogP contribution in [0.3, 0.4) is 0 Å². The summed E-state index contributed by atoms with van der Waals surface area (Å²) in [7, 11) is 0. The van der Waals surface area contributed by atoms with Crippen LogP contribution in [-0.4, -0.2) is 15.7 Å². The first kappa shape index (κ1) is 14.6. The van der Waals surface area contributed by atoms with Gasteiger partial charge < -0.3 is 4.74 Å². The van der Waals surface area contributed by atoms with E-state index in [1.54, 1.807) is 26.0 Å². The molecule has 6 nitrogen and oxygen atoms in total. The van der Waals surface area contributed by atoms with Gasteiger partial charge in [0, 0.05) is 13.0 Å². The van der Waals surface area contributed by atoms with Crippen LogP contribution in [0.5, 0.6) is 11.5 Å². The van der Waals surface area contributed by atoms with Crippen LogP contribution in [0.1, 0.15) is 28.5 Å². The summed E-state index contributed by atoms with van der Waals surface area (Å²) in [6, 6.07) is 6.35. The molecule has 0 saturated heterocycles. The van der Waals surface area contributed by atoms with Crippen molar-refractivity contribution in [2.45, 2.75) is 20.8 Å². The van der Waals surface area contributed by atoms with Crippen molar-refractivity contribution in [2.75, 3.05) is 0 Å². The molecule has 2 rings (SSSR count). The molecular weight excluding hydrogens is 272 g/mol. The second-order valence-corrected chi connectivity index (χ2v) is 4.72. The van der Waals surface area contributed by atoms with Gasteiger partial charge in [0.15, 0.2) is 5.78 Å². The zero-order valence-corrected chi connectivity index (χ0v) is 11.9. The minimum Gasteiger partial charge on any atom is -0.448 e. The molecule has 0 radical (unpaired) electrons. The van der Waals surface area contributed by atoms with Crippen molar-refractivity contribution in [1.29, 1.82) is 0 Å². The van der Waals surface area contributed by atoms with E-state index in [0.717, 1.165) is 5.56 Å². The van der Waals surface area contributed by atoms with Crippen molar-refractivity contribution in [3.05, 3.63) is 57.4 Å². The van der Waals surface area contributed by atoms with Gasteiger partial charge in [0.1, 0.15) is 11.4 Å². The van der Waals surface area contributed by atoms with Crippen LogP contribution in [0.4, 0.5) is 5.69 Å². The Morgan fingerprint density at radius 3 is 2.52 bits per heavy atom. The fourth-order valence-corrected chi connectivity index (χ4v) is 1.97. The summed E-state index contributed by atoms with van der Waals surface area (Å²) < 4.78 is 5.58. The van der Waals surface area contributed by atoms with Crippen LogP contribution < -0.4 is 4.74 Å². The van der Waals surface area contributed by atoms with Gasteiger partial charge in [0.05, 0.1) is 11.1 Å². The van der Waals surface area contributed by atoms with E-state index in [1.165, 1.54) is 25.3 Å². The highest BCUT2D eigenvalue weighted by Gasteiger charge is 2.19. The molecule has 2 aromatic rings. The van der Waals surface area contributed by atoms with E-state index in [-0.39, 0.29) is 17.2 Å². The zero-order valence-electron chi connectivity index (χ0n) is 11.9. The number of aryl methyl sites for hydroxylation is 2. The first-order valence-electron chi connectivity index (χ1n) is 6.29. The lowest BCUT2D eigenvalue weighted by Gasteiger charge is -2.10. The molecule has 0 bridgehead atoms. The number of ketones is 1. The van der Waals surface area contributed by atoms with Crippen LogP contribution >= 0.6 is 0 Å². The predicted molar refractivity (Wildman–Crippen MR) is 76.9 cm³/mol. The Kier molecular flexibility index (Phi) is 3.98. The Bertz CT molecular complexity index is 708. The molecule has 0 fully saturated rings. The number of nitro benzene ring substituents is 1. The van der Waals surface area contributed by atoms with Gasteiger partial charge in [-0.25, -0.2) is 4.98 Å². The minimum atomic E-state index is -0.479. The normalized spacial score (nSPS) is 10.2. The van der Waals surface area contributed by atoms with E-state index in [4.69, 9.17) is 4.74 Å². The molecule has 0 aliphatic rings. The van der Waals surface area contributed by atoms with Crippen LogP contribution in [-0.2, 0) is 0 Å². The van der Waals surface area contributed by atoms with Crippen molar-refractivity contribution < 1.29 is 14.5 Å². The number of carbonyl (C=O) groups excluding carboxylic acids is 1. The largest absolute Gasteiger partial charge is 0.448 e. The van der Waals surface area contributed by atoms with E-state index in [9.17, 15) is 14.9 Å². The molecule has 21 heavy (non-hydrogen) atoms. The van der Waals surface area contributed by atoms with Gasteiger partial charge >= 0.3 is 5.69 Å². The summed E-state index contributed by atoms with van der Waals surface area (Å²) in [6.07, 6.45) is 1.37. The minimum absolute atomic E-state index is 0.0943. The highest BCUT2D eigenvalue weighted by Crippen LogP contribution is 2.35. The fourth-order valence-electron chi connectivity index (χ4n) is 1.97. The second kappa shape index (κ2) is 5.70. The average molecular weight is 286 g/mol. The number of benzene rings is 1. The van der Waals surface area contributed by atoms with E-state index in [0.29, 0.717) is 17.0 Å². The summed E-state index contributed by atoms with van der Waals surface area (Å²) in [5, 5.41) is 11.1. The van der Waals surface area contributed by atoms with Crippen molar-refractivity contribution in [2.24, 2.45) is 0 Å². The quantitative estimate of drug-likeness (QED) is 0.487. The summed E-state index contributed by atoms with van der Waals surface area (Å²) in [6.45, 7) is 4.94. The fraction of sp³-hybridized carbons (Fsp3) is 0.200. The van der Waals surface area contributed by atoms with Gasteiger partial charge in [0.25, 0.3) is 0 Å². The number of Topliss-reactive ketones (excluding diaryl/α,β-unsaturated/α-hetero) is 1. The number of hydrogen-bond donors (Lipinski definition) is 0. The molecule has 0 unspecified atom stereocenters. The summed E-state index contributed by atoms with van der Waals surface area (Å²) >= 11 is 0. The monoisotopic (exact) mass is 286 g/mol. The average Bonchev–Trinajstić information content (AvgIpc) is 2.41. The maximum absolute atomic E-state index is 11.2. The molecule has 0 aliphatic carbocycles. The van der Waals surface area contributed by atoms with E-state index in [2.05, 4.69) is 4.98 Å². The van der Waals surface area contributed by atoms with E-state index < -0.39 is 4.92 Å². The number of hydrogen-bond acceptors (Lipinski definition) is 5. The topological polar surface area (TPSA) is 82.3 Å². The number of aromatic nitrogens is 1. The maximum atomic E-state index is 11.2. The van der Waals surface area contributed by atoms with E-state index >= 15 is 0 Å². The van der Waals surface area contributed by atoms with Gasteiger partial charge in [-0.05, 0) is 37.1 Å². The number of nitro groups is 1. The van der Waals surface area contributed by atoms with Crippen molar-refractivity contribution in [3.63, 3.8) is 0 Å². The number of carbonyl (C=O) groups is 1. The van der Waals surface area contributed by atoms with E-state index in [1.807, 2.05) is 0 Å². The number of nitrogens with zero attached hydrogens (tertiary/aromatic N) is 2. The van der Waals surface area contributed by atoms with Crippen molar-refractivity contribution in [3.8, 4) is 11.5 Å². The van der Waals surface area contributed by atoms with Gasteiger partial charge in [-0.2, -0.15) is 0 Å². The van der Waals surface area contributed by atoms with Crippen LogP contribution in [0, 0.1) is 24.0 Å². The Labute approximate surface area is 121 Å². The summed E-state index contributed by atoms with van der Waals surface area (Å²) in [5.74, 6) is 0.372. The molecule has 6 heteroatoms. The molecule has 1 heterocycles. The van der Waals surface area contributed by atoms with Gasteiger partial charge in [-0.15, -0.1) is 0 Å². The lowest BCUT2D eigenvalue weighted by molar-refractivity contribution is -0.385. The molecule has 108 valence electrons. The second-order valence-electron chi connectivity index (χ2n) is 4.72. The Morgan fingerprint density at radius 1 is 1.29 bits per heavy atom. The number of rotatable bonds is 4. The zero-order chi connectivity index (χ0) is 15.6. The third-order valence-corrected chi connectivity index (χ3v) is 2.91. The first-order chi connectivity index (χ1) is 9.88. The molecule has 0 atom stereocenters. The maximum Gasteiger partial charge on any atom is 0.312 e. The number of ether oxygens (including phenoxy) is 1. The SMILES string of the molecule is CC(=O)c1ccc(Oc2c(C)cc(C)cc2[N+](=O)[O-])cn1. The lowest BCUT2D eigenvalue weighted by atomic mass is 10.1. The van der Waals surface area contributed by atoms with Crippen molar-refractivity contribution >= 4 is 11.5 Å². The summed E-state index contributed by atoms with van der Waals surface area (Å²) in [5.41, 5.74) is 1.68. The molecule has 0 amide bonds. The van der Waals surface area contributed by atoms with Crippen molar-refractivity contribution in [1.82, 2.24) is 4.98 Å². The smallest absolute Gasteiger partial charge is 0.312 e. The molecule has 0 N–H and O–H groups in total. The van der Waals surface area contributed by atoms with Crippen LogP contribution in [0.15, 0.2) is 30.5 Å². The molecule has 1 aromatic carbocycles. The highest BCUT2D eigenvalue weighted by atomic mass is 16.6. The number of pyridine rings is 1. The van der Waals surface area contributed by atoms with Crippen LogP contribution in [0.25, 0.3) is 0 Å². The Morgan fingerprint density at radius 2 is 2.00 bits per heavy atom. The third-order valence-electron chi connectivity index (χ3n) is 2.91. The predicted octanol–water partition coefficient (Wildman–Crippen LogP) is 3.60. The van der Waals surface area contributed by atoms with Gasteiger partial charge in [0.2, 0.25) is 5.75 Å². The standard InChI is InChI=1S/C15H14N2O4/c1-9-6-10(2)15(14(7-9)17(19)20)21-12-4-5-13(11(3)18)16-8-12/h4-8H,1-3H3. The molecule has 0 spiro atoms. The van der Waals surface area contributed by atoms with Gasteiger partial charge in [-0.1, -0.05) is 6.07 Å². The lowest BCUT2D eigenvalue weighted by Crippen LogP contribution is -1.99. The third kappa shape index (κ3) is 3.22. The Balaban J connectivity index is 2.39. The molecular formula is C15H14N2O4. The Hall–Kier alpha value is -2.76. The van der Waals surface area contributed by atoms with Gasteiger partial charge in [-0.3, -0.25) is 14.9 Å². The molecule has 0 saturated carbocycles. The highest BCUT2D eigenvalue weighted by molar-refractivity contribution is 5.92. The molecule has 1 aromatic heterocycles. The van der Waals surface area contributed by atoms with Crippen LogP contribution in [0.2, 0.25) is 0 Å². The molecule has 0 aliphatic heterocycles.